The molecule has 3 aromatic heterocycles. The standard InChI is InChI=1S/C17H13N5O2/c1-24-12-4-5-13-14(7-12)21-16-15(13)19-10-22(17(16)23)20-9-11-3-2-6-18-8-11/h2-10,21H,1H3/b20-9+. The van der Waals surface area contributed by atoms with Gasteiger partial charge in [-0.15, -0.1) is 0 Å². The quantitative estimate of drug-likeness (QED) is 0.586. The van der Waals surface area contributed by atoms with Gasteiger partial charge in [-0.05, 0) is 18.2 Å². The highest BCUT2D eigenvalue weighted by Gasteiger charge is 2.11. The van der Waals surface area contributed by atoms with Crippen molar-refractivity contribution in [3.63, 3.8) is 0 Å². The smallest absolute Gasteiger partial charge is 0.298 e. The molecule has 0 aliphatic heterocycles. The molecular formula is C17H13N5O2. The fourth-order valence-electron chi connectivity index (χ4n) is 2.52. The fraction of sp³-hybridized carbons (Fsp3) is 0.0588. The van der Waals surface area contributed by atoms with Gasteiger partial charge in [-0.1, -0.05) is 6.07 Å². The second-order valence-corrected chi connectivity index (χ2v) is 5.19. The van der Waals surface area contributed by atoms with E-state index in [1.165, 1.54) is 11.0 Å². The summed E-state index contributed by atoms with van der Waals surface area (Å²) in [7, 11) is 1.60. The molecule has 0 radical (unpaired) electrons. The van der Waals surface area contributed by atoms with Crippen LogP contribution in [0.3, 0.4) is 0 Å². The molecule has 4 aromatic rings. The Balaban J connectivity index is 1.84. The molecule has 118 valence electrons. The third-order valence-corrected chi connectivity index (χ3v) is 3.71. The van der Waals surface area contributed by atoms with E-state index < -0.39 is 0 Å². The van der Waals surface area contributed by atoms with Crippen LogP contribution in [0.1, 0.15) is 5.56 Å². The van der Waals surface area contributed by atoms with Crippen molar-refractivity contribution in [2.75, 3.05) is 7.11 Å². The lowest BCUT2D eigenvalue weighted by atomic mass is 10.2. The molecule has 0 saturated carbocycles. The number of fused-ring (bicyclic) bond motifs is 3. The Morgan fingerprint density at radius 2 is 2.25 bits per heavy atom. The molecular weight excluding hydrogens is 306 g/mol. The number of H-pyrrole nitrogens is 1. The van der Waals surface area contributed by atoms with E-state index in [0.717, 1.165) is 16.5 Å². The number of benzene rings is 1. The highest BCUT2D eigenvalue weighted by Crippen LogP contribution is 2.25. The van der Waals surface area contributed by atoms with Gasteiger partial charge in [-0.25, -0.2) is 4.98 Å². The van der Waals surface area contributed by atoms with Gasteiger partial charge in [0.25, 0.3) is 5.56 Å². The molecule has 0 aliphatic rings. The topological polar surface area (TPSA) is 85.2 Å². The summed E-state index contributed by atoms with van der Waals surface area (Å²) in [5.41, 5.74) is 2.35. The summed E-state index contributed by atoms with van der Waals surface area (Å²) in [6.45, 7) is 0. The van der Waals surface area contributed by atoms with Crippen molar-refractivity contribution in [3.8, 4) is 5.75 Å². The van der Waals surface area contributed by atoms with Gasteiger partial charge < -0.3 is 9.72 Å². The Hall–Kier alpha value is -3.48. The zero-order chi connectivity index (χ0) is 16.5. The highest BCUT2D eigenvalue weighted by molar-refractivity contribution is 6.04. The van der Waals surface area contributed by atoms with Gasteiger partial charge in [-0.3, -0.25) is 9.78 Å². The minimum absolute atomic E-state index is 0.268. The molecule has 0 aliphatic carbocycles. The molecule has 0 amide bonds. The van der Waals surface area contributed by atoms with Crippen molar-refractivity contribution in [1.29, 1.82) is 0 Å². The second kappa shape index (κ2) is 5.62. The molecule has 7 nitrogen and oxygen atoms in total. The molecule has 4 rings (SSSR count). The minimum atomic E-state index is -0.268. The van der Waals surface area contributed by atoms with Gasteiger partial charge in [0.2, 0.25) is 0 Å². The van der Waals surface area contributed by atoms with Crippen LogP contribution in [-0.4, -0.2) is 33.0 Å². The van der Waals surface area contributed by atoms with Crippen LogP contribution >= 0.6 is 0 Å². The number of aromatic amines is 1. The van der Waals surface area contributed by atoms with E-state index in [1.54, 1.807) is 31.8 Å². The van der Waals surface area contributed by atoms with Crippen LogP contribution in [0.15, 0.2) is 58.9 Å². The SMILES string of the molecule is COc1ccc2c(c1)[nH]c1c(=O)n(/N=C/c3cccnc3)cnc12. The molecule has 24 heavy (non-hydrogen) atoms. The molecule has 0 saturated heterocycles. The van der Waals surface area contributed by atoms with Gasteiger partial charge in [0.05, 0.1) is 18.8 Å². The third-order valence-electron chi connectivity index (χ3n) is 3.71. The molecule has 0 fully saturated rings. The average Bonchev–Trinajstić information content (AvgIpc) is 3.00. The minimum Gasteiger partial charge on any atom is -0.497 e. The maximum Gasteiger partial charge on any atom is 0.298 e. The normalized spacial score (nSPS) is 11.5. The summed E-state index contributed by atoms with van der Waals surface area (Å²) >= 11 is 0. The van der Waals surface area contributed by atoms with Crippen LogP contribution in [-0.2, 0) is 0 Å². The molecule has 0 bridgehead atoms. The predicted octanol–water partition coefficient (Wildman–Crippen LogP) is 2.16. The first-order valence-electron chi connectivity index (χ1n) is 7.28. The zero-order valence-electron chi connectivity index (χ0n) is 12.8. The Labute approximate surface area is 136 Å². The van der Waals surface area contributed by atoms with Crippen LogP contribution in [0.5, 0.6) is 5.75 Å². The van der Waals surface area contributed by atoms with Gasteiger partial charge in [0.15, 0.2) is 0 Å². The Morgan fingerprint density at radius 1 is 1.33 bits per heavy atom. The first kappa shape index (κ1) is 14.1. The number of ether oxygens (including phenoxy) is 1. The lowest BCUT2D eigenvalue weighted by molar-refractivity contribution is 0.415. The highest BCUT2D eigenvalue weighted by atomic mass is 16.5. The molecule has 1 N–H and O–H groups in total. The Bertz CT molecular complexity index is 1110. The molecule has 0 unspecified atom stereocenters. The van der Waals surface area contributed by atoms with Crippen molar-refractivity contribution in [2.45, 2.75) is 0 Å². The second-order valence-electron chi connectivity index (χ2n) is 5.19. The zero-order valence-corrected chi connectivity index (χ0v) is 12.8. The number of pyridine rings is 1. The van der Waals surface area contributed by atoms with Crippen molar-refractivity contribution in [1.82, 2.24) is 19.6 Å². The summed E-state index contributed by atoms with van der Waals surface area (Å²) in [4.78, 5) is 24.1. The Morgan fingerprint density at radius 3 is 3.04 bits per heavy atom. The number of methoxy groups -OCH3 is 1. The lowest BCUT2D eigenvalue weighted by Crippen LogP contribution is -2.17. The summed E-state index contributed by atoms with van der Waals surface area (Å²) < 4.78 is 6.40. The number of rotatable bonds is 3. The van der Waals surface area contributed by atoms with E-state index in [9.17, 15) is 4.79 Å². The fourth-order valence-corrected chi connectivity index (χ4v) is 2.52. The number of aromatic nitrogens is 4. The summed E-state index contributed by atoms with van der Waals surface area (Å²) in [6, 6.07) is 9.20. The molecule has 7 heteroatoms. The van der Waals surface area contributed by atoms with E-state index in [-0.39, 0.29) is 5.56 Å². The van der Waals surface area contributed by atoms with Gasteiger partial charge in [0, 0.05) is 29.4 Å². The number of nitrogens with one attached hydrogen (secondary N) is 1. The largest absolute Gasteiger partial charge is 0.497 e. The van der Waals surface area contributed by atoms with Crippen LogP contribution in [0.25, 0.3) is 21.9 Å². The molecule has 1 aromatic carbocycles. The number of hydrogen-bond acceptors (Lipinski definition) is 5. The monoisotopic (exact) mass is 319 g/mol. The van der Waals surface area contributed by atoms with E-state index in [4.69, 9.17) is 4.74 Å². The Kier molecular flexibility index (Phi) is 3.31. The van der Waals surface area contributed by atoms with Crippen molar-refractivity contribution in [3.05, 3.63) is 65.0 Å². The number of nitrogens with zero attached hydrogens (tertiary/aromatic N) is 4. The van der Waals surface area contributed by atoms with Crippen molar-refractivity contribution >= 4 is 28.2 Å². The van der Waals surface area contributed by atoms with Crippen molar-refractivity contribution in [2.24, 2.45) is 5.10 Å². The van der Waals surface area contributed by atoms with E-state index in [2.05, 4.69) is 20.1 Å². The maximum absolute atomic E-state index is 12.6. The van der Waals surface area contributed by atoms with Gasteiger partial charge in [0.1, 0.15) is 23.1 Å². The first-order valence-corrected chi connectivity index (χ1v) is 7.28. The van der Waals surface area contributed by atoms with Crippen LogP contribution in [0.2, 0.25) is 0 Å². The van der Waals surface area contributed by atoms with Gasteiger partial charge in [-0.2, -0.15) is 9.78 Å². The summed E-state index contributed by atoms with van der Waals surface area (Å²) in [5, 5.41) is 5.03. The van der Waals surface area contributed by atoms with E-state index >= 15 is 0 Å². The van der Waals surface area contributed by atoms with Gasteiger partial charge >= 0.3 is 0 Å². The van der Waals surface area contributed by atoms with Crippen molar-refractivity contribution < 1.29 is 4.74 Å². The van der Waals surface area contributed by atoms with Crippen LogP contribution < -0.4 is 10.3 Å². The van der Waals surface area contributed by atoms with E-state index in [0.29, 0.717) is 16.8 Å². The first-order chi connectivity index (χ1) is 11.8. The lowest BCUT2D eigenvalue weighted by Gasteiger charge is -1.98. The van der Waals surface area contributed by atoms with Crippen LogP contribution in [0, 0.1) is 0 Å². The third kappa shape index (κ3) is 2.32. The van der Waals surface area contributed by atoms with E-state index in [1.807, 2.05) is 24.3 Å². The molecule has 3 heterocycles. The average molecular weight is 319 g/mol. The summed E-state index contributed by atoms with van der Waals surface area (Å²) in [5.74, 6) is 0.712. The summed E-state index contributed by atoms with van der Waals surface area (Å²) in [6.07, 6.45) is 6.31. The molecule has 0 atom stereocenters. The van der Waals surface area contributed by atoms with Crippen LogP contribution in [0.4, 0.5) is 0 Å². The molecule has 0 spiro atoms. The number of hydrogen-bond donors (Lipinski definition) is 1. The maximum atomic E-state index is 12.6. The predicted molar refractivity (Wildman–Crippen MR) is 91.6 cm³/mol.